The Morgan fingerprint density at radius 2 is 1.84 bits per heavy atom. The van der Waals surface area contributed by atoms with Gasteiger partial charge in [-0.3, -0.25) is 0 Å². The van der Waals surface area contributed by atoms with Crippen molar-refractivity contribution in [2.45, 2.75) is 38.9 Å². The number of pyridine rings is 1. The van der Waals surface area contributed by atoms with Crippen LogP contribution in [0.1, 0.15) is 27.7 Å². The fourth-order valence-electron chi connectivity index (χ4n) is 2.20. The third-order valence-corrected chi connectivity index (χ3v) is 4.04. The van der Waals surface area contributed by atoms with Crippen molar-refractivity contribution < 1.29 is 13.7 Å². The van der Waals surface area contributed by atoms with Gasteiger partial charge >= 0.3 is 7.12 Å². The molecule has 19 heavy (non-hydrogen) atoms. The molecule has 1 aliphatic heterocycles. The Morgan fingerprint density at radius 1 is 1.21 bits per heavy atom. The van der Waals surface area contributed by atoms with Crippen molar-refractivity contribution in [1.29, 1.82) is 0 Å². The van der Waals surface area contributed by atoms with Crippen LogP contribution in [-0.2, 0) is 9.31 Å². The van der Waals surface area contributed by atoms with E-state index in [0.717, 1.165) is 5.39 Å². The third-order valence-electron chi connectivity index (χ3n) is 4.04. The number of nitrogens with zero attached hydrogens (tertiary/aromatic N) is 1. The van der Waals surface area contributed by atoms with Gasteiger partial charge in [-0.1, -0.05) is 0 Å². The lowest BCUT2D eigenvalue weighted by Crippen LogP contribution is -2.41. The second-order valence-corrected chi connectivity index (χ2v) is 5.86. The molecule has 0 amide bonds. The molecular formula is C13H16BFN2O2. The van der Waals surface area contributed by atoms with Crippen LogP contribution in [0.15, 0.2) is 18.3 Å². The number of aromatic amines is 1. The summed E-state index contributed by atoms with van der Waals surface area (Å²) in [5, 5.41) is 0.819. The zero-order chi connectivity index (χ0) is 13.8. The maximum Gasteiger partial charge on any atom is 0.495 e. The lowest BCUT2D eigenvalue weighted by atomic mass is 9.78. The second-order valence-electron chi connectivity index (χ2n) is 5.86. The number of aromatic nitrogens is 2. The van der Waals surface area contributed by atoms with E-state index in [1.807, 2.05) is 33.8 Å². The summed E-state index contributed by atoms with van der Waals surface area (Å²) in [4.78, 5) is 6.71. The summed E-state index contributed by atoms with van der Waals surface area (Å²) in [6.45, 7) is 7.88. The predicted octanol–water partition coefficient (Wildman–Crippen LogP) is 2.00. The summed E-state index contributed by atoms with van der Waals surface area (Å²) < 4.78 is 25.5. The highest BCUT2D eigenvalue weighted by molar-refractivity contribution is 6.65. The fourth-order valence-corrected chi connectivity index (χ4v) is 2.20. The molecule has 1 aliphatic rings. The summed E-state index contributed by atoms with van der Waals surface area (Å²) >= 11 is 0. The fraction of sp³-hybridized carbons (Fsp3) is 0.462. The van der Waals surface area contributed by atoms with Crippen LogP contribution in [0.2, 0.25) is 0 Å². The lowest BCUT2D eigenvalue weighted by molar-refractivity contribution is 0.00578. The minimum atomic E-state index is -0.583. The second kappa shape index (κ2) is 3.80. The van der Waals surface area contributed by atoms with Crippen LogP contribution >= 0.6 is 0 Å². The molecule has 1 fully saturated rings. The molecule has 0 radical (unpaired) electrons. The standard InChI is InChI=1S/C13H16BFN2O2/c1-12(2)13(3,4)19-14(18-12)9-7-10(15)17-11-8(9)5-6-16-11/h5-7H,1-4H3,(H,16,17). The van der Waals surface area contributed by atoms with Gasteiger partial charge in [0.25, 0.3) is 0 Å². The lowest BCUT2D eigenvalue weighted by Gasteiger charge is -2.32. The zero-order valence-electron chi connectivity index (χ0n) is 11.5. The minimum absolute atomic E-state index is 0.444. The number of H-pyrrole nitrogens is 1. The average Bonchev–Trinajstić information content (AvgIpc) is 2.80. The van der Waals surface area contributed by atoms with Gasteiger partial charge in [-0.15, -0.1) is 0 Å². The monoisotopic (exact) mass is 262 g/mol. The van der Waals surface area contributed by atoms with E-state index in [1.54, 1.807) is 6.20 Å². The van der Waals surface area contributed by atoms with Gasteiger partial charge in [0, 0.05) is 11.6 Å². The molecule has 0 aliphatic carbocycles. The number of nitrogens with one attached hydrogen (secondary N) is 1. The SMILES string of the molecule is CC1(C)OB(c2cc(F)nc3[nH]ccc23)OC1(C)C. The summed E-state index contributed by atoms with van der Waals surface area (Å²) in [7, 11) is -0.583. The summed E-state index contributed by atoms with van der Waals surface area (Å²) in [5.41, 5.74) is 0.284. The summed E-state index contributed by atoms with van der Waals surface area (Å²) in [6, 6.07) is 3.22. The molecule has 6 heteroatoms. The van der Waals surface area contributed by atoms with Crippen LogP contribution in [0.5, 0.6) is 0 Å². The van der Waals surface area contributed by atoms with Crippen molar-refractivity contribution >= 4 is 23.6 Å². The smallest absolute Gasteiger partial charge is 0.399 e. The average molecular weight is 262 g/mol. The molecule has 3 rings (SSSR count). The molecule has 0 unspecified atom stereocenters. The number of halogens is 1. The third kappa shape index (κ3) is 1.86. The number of fused-ring (bicyclic) bond motifs is 1. The van der Waals surface area contributed by atoms with Crippen molar-refractivity contribution in [2.24, 2.45) is 0 Å². The Bertz CT molecular complexity index is 623. The van der Waals surface area contributed by atoms with E-state index >= 15 is 0 Å². The molecular weight excluding hydrogens is 246 g/mol. The number of rotatable bonds is 1. The van der Waals surface area contributed by atoms with E-state index in [1.165, 1.54) is 6.07 Å². The van der Waals surface area contributed by atoms with Crippen LogP contribution in [0.3, 0.4) is 0 Å². The highest BCUT2D eigenvalue weighted by Crippen LogP contribution is 2.36. The molecule has 2 aromatic heterocycles. The van der Waals surface area contributed by atoms with Gasteiger partial charge in [0.05, 0.1) is 11.2 Å². The van der Waals surface area contributed by atoms with Crippen molar-refractivity contribution in [2.75, 3.05) is 0 Å². The summed E-state index contributed by atoms with van der Waals surface area (Å²) in [5.74, 6) is -0.542. The molecule has 1 saturated heterocycles. The van der Waals surface area contributed by atoms with Gasteiger partial charge in [-0.05, 0) is 45.3 Å². The Hall–Kier alpha value is -1.40. The van der Waals surface area contributed by atoms with Gasteiger partial charge in [-0.2, -0.15) is 4.39 Å². The van der Waals surface area contributed by atoms with Crippen molar-refractivity contribution in [1.82, 2.24) is 9.97 Å². The van der Waals surface area contributed by atoms with Crippen molar-refractivity contribution in [3.05, 3.63) is 24.3 Å². The normalized spacial score (nSPS) is 21.2. The first-order valence-electron chi connectivity index (χ1n) is 6.29. The van der Waals surface area contributed by atoms with Gasteiger partial charge < -0.3 is 14.3 Å². The van der Waals surface area contributed by atoms with Gasteiger partial charge in [0.2, 0.25) is 5.95 Å². The molecule has 3 heterocycles. The van der Waals surface area contributed by atoms with E-state index < -0.39 is 24.3 Å². The zero-order valence-corrected chi connectivity index (χ0v) is 11.5. The molecule has 0 saturated carbocycles. The molecule has 0 bridgehead atoms. The maximum atomic E-state index is 13.6. The number of hydrogen-bond donors (Lipinski definition) is 1. The van der Waals surface area contributed by atoms with Crippen LogP contribution in [-0.4, -0.2) is 28.3 Å². The Balaban J connectivity index is 2.09. The van der Waals surface area contributed by atoms with Crippen LogP contribution in [0, 0.1) is 5.95 Å². The molecule has 2 aromatic rings. The molecule has 0 spiro atoms. The molecule has 0 atom stereocenters. The molecule has 1 N–H and O–H groups in total. The van der Waals surface area contributed by atoms with Gasteiger partial charge in [0.15, 0.2) is 0 Å². The molecule has 100 valence electrons. The van der Waals surface area contributed by atoms with E-state index in [4.69, 9.17) is 9.31 Å². The number of hydrogen-bond acceptors (Lipinski definition) is 3. The highest BCUT2D eigenvalue weighted by Gasteiger charge is 2.52. The van der Waals surface area contributed by atoms with Crippen molar-refractivity contribution in [3.63, 3.8) is 0 Å². The highest BCUT2D eigenvalue weighted by atomic mass is 19.1. The van der Waals surface area contributed by atoms with Crippen LogP contribution in [0.4, 0.5) is 4.39 Å². The van der Waals surface area contributed by atoms with Gasteiger partial charge in [-0.25, -0.2) is 4.98 Å². The quantitative estimate of drug-likeness (QED) is 0.631. The predicted molar refractivity (Wildman–Crippen MR) is 71.8 cm³/mol. The first-order chi connectivity index (χ1) is 8.80. The molecule has 0 aromatic carbocycles. The van der Waals surface area contributed by atoms with Crippen LogP contribution in [0.25, 0.3) is 11.0 Å². The Labute approximate surface area is 111 Å². The Kier molecular flexibility index (Phi) is 2.53. The first kappa shape index (κ1) is 12.6. The molecule has 4 nitrogen and oxygen atoms in total. The van der Waals surface area contributed by atoms with Crippen LogP contribution < -0.4 is 5.46 Å². The first-order valence-corrected chi connectivity index (χ1v) is 6.29. The largest absolute Gasteiger partial charge is 0.495 e. The van der Waals surface area contributed by atoms with E-state index in [9.17, 15) is 4.39 Å². The van der Waals surface area contributed by atoms with Gasteiger partial charge in [0.1, 0.15) is 5.65 Å². The summed E-state index contributed by atoms with van der Waals surface area (Å²) in [6.07, 6.45) is 1.73. The van der Waals surface area contributed by atoms with E-state index in [-0.39, 0.29) is 0 Å². The topological polar surface area (TPSA) is 47.1 Å². The van der Waals surface area contributed by atoms with E-state index in [0.29, 0.717) is 11.1 Å². The van der Waals surface area contributed by atoms with E-state index in [2.05, 4.69) is 9.97 Å². The maximum absolute atomic E-state index is 13.6. The minimum Gasteiger partial charge on any atom is -0.399 e. The van der Waals surface area contributed by atoms with Crippen molar-refractivity contribution in [3.8, 4) is 0 Å². The Morgan fingerprint density at radius 3 is 2.47 bits per heavy atom.